The molecule has 0 aromatic carbocycles. The molecular weight excluding hydrogens is 248 g/mol. The first-order valence-corrected chi connectivity index (χ1v) is 7.09. The zero-order valence-electron chi connectivity index (χ0n) is 10.3. The molecule has 18 heavy (non-hydrogen) atoms. The van der Waals surface area contributed by atoms with Crippen molar-refractivity contribution in [3.8, 4) is 0 Å². The minimum atomic E-state index is 0.166. The lowest BCUT2D eigenvalue weighted by atomic mass is 10.1. The quantitative estimate of drug-likeness (QED) is 0.917. The molecule has 1 aliphatic rings. The molecule has 0 spiro atoms. The van der Waals surface area contributed by atoms with Crippen LogP contribution in [0.15, 0.2) is 9.90 Å². The third-order valence-electron chi connectivity index (χ3n) is 3.38. The number of aromatic nitrogens is 3. The number of nitrogens with zero attached hydrogens (tertiary/aromatic N) is 3. The third kappa shape index (κ3) is 2.30. The van der Waals surface area contributed by atoms with Gasteiger partial charge >= 0.3 is 0 Å². The maximum atomic E-state index is 6.04. The van der Waals surface area contributed by atoms with Crippen molar-refractivity contribution in [2.24, 2.45) is 5.73 Å². The molecule has 3 rings (SSSR count). The van der Waals surface area contributed by atoms with Crippen LogP contribution in [0.3, 0.4) is 0 Å². The molecule has 2 atom stereocenters. The molecule has 2 unspecified atom stereocenters. The van der Waals surface area contributed by atoms with Gasteiger partial charge in [0.1, 0.15) is 0 Å². The molecule has 2 aromatic heterocycles. The molecule has 0 radical (unpaired) electrons. The highest BCUT2D eigenvalue weighted by molar-refractivity contribution is 7.09. The molecular formula is C12H16N4OS. The van der Waals surface area contributed by atoms with Gasteiger partial charge in [-0.15, -0.1) is 11.3 Å². The number of hydrogen-bond acceptors (Lipinski definition) is 6. The fourth-order valence-electron chi connectivity index (χ4n) is 2.44. The van der Waals surface area contributed by atoms with Gasteiger partial charge in [-0.3, -0.25) is 0 Å². The van der Waals surface area contributed by atoms with Crippen molar-refractivity contribution in [2.45, 2.75) is 44.6 Å². The number of aryl methyl sites for hydroxylation is 1. The Balaban J connectivity index is 1.73. The van der Waals surface area contributed by atoms with Crippen molar-refractivity contribution in [3.63, 3.8) is 0 Å². The van der Waals surface area contributed by atoms with Crippen LogP contribution in [0.5, 0.6) is 0 Å². The topological polar surface area (TPSA) is 77.8 Å². The van der Waals surface area contributed by atoms with Crippen molar-refractivity contribution >= 4 is 11.3 Å². The largest absolute Gasteiger partial charge is 0.339 e. The maximum absolute atomic E-state index is 6.04. The number of thiazole rings is 1. The average Bonchev–Trinajstić information content (AvgIpc) is 3.02. The highest BCUT2D eigenvalue weighted by atomic mass is 32.1. The van der Waals surface area contributed by atoms with Crippen LogP contribution < -0.4 is 5.73 Å². The molecule has 0 amide bonds. The minimum absolute atomic E-state index is 0.166. The first-order valence-electron chi connectivity index (χ1n) is 6.21. The molecule has 2 aromatic rings. The highest BCUT2D eigenvalue weighted by Gasteiger charge is 2.30. The fourth-order valence-corrected chi connectivity index (χ4v) is 3.05. The van der Waals surface area contributed by atoms with E-state index in [0.29, 0.717) is 18.1 Å². The lowest BCUT2D eigenvalue weighted by Gasteiger charge is -2.08. The highest BCUT2D eigenvalue weighted by Crippen LogP contribution is 2.32. The minimum Gasteiger partial charge on any atom is -0.339 e. The van der Waals surface area contributed by atoms with Crippen LogP contribution >= 0.6 is 11.3 Å². The summed E-state index contributed by atoms with van der Waals surface area (Å²) >= 11 is 1.64. The van der Waals surface area contributed by atoms with E-state index in [9.17, 15) is 0 Å². The van der Waals surface area contributed by atoms with Gasteiger partial charge in [-0.05, 0) is 19.8 Å². The first-order chi connectivity index (χ1) is 8.72. The second-order valence-corrected chi connectivity index (χ2v) is 5.85. The Kier molecular flexibility index (Phi) is 3.13. The zero-order chi connectivity index (χ0) is 12.5. The van der Waals surface area contributed by atoms with E-state index >= 15 is 0 Å². The Morgan fingerprint density at radius 2 is 2.33 bits per heavy atom. The van der Waals surface area contributed by atoms with Crippen LogP contribution in [0, 0.1) is 6.92 Å². The lowest BCUT2D eigenvalue weighted by Crippen LogP contribution is -2.22. The van der Waals surface area contributed by atoms with Gasteiger partial charge in [0, 0.05) is 11.4 Å². The van der Waals surface area contributed by atoms with Crippen LogP contribution in [0.2, 0.25) is 0 Å². The molecule has 1 saturated carbocycles. The Hall–Kier alpha value is -1.27. The molecule has 0 aliphatic heterocycles. The second kappa shape index (κ2) is 4.78. The molecule has 6 heteroatoms. The van der Waals surface area contributed by atoms with Gasteiger partial charge in [0.2, 0.25) is 5.89 Å². The Labute approximate surface area is 109 Å². The van der Waals surface area contributed by atoms with Crippen molar-refractivity contribution < 1.29 is 4.52 Å². The molecule has 1 fully saturated rings. The zero-order valence-corrected chi connectivity index (χ0v) is 11.1. The van der Waals surface area contributed by atoms with E-state index in [2.05, 4.69) is 15.1 Å². The van der Waals surface area contributed by atoms with Gasteiger partial charge < -0.3 is 10.3 Å². The van der Waals surface area contributed by atoms with Crippen LogP contribution in [-0.2, 0) is 6.42 Å². The van der Waals surface area contributed by atoms with Gasteiger partial charge in [0.05, 0.1) is 23.0 Å². The molecule has 2 heterocycles. The summed E-state index contributed by atoms with van der Waals surface area (Å²) in [5.41, 5.74) is 7.04. The van der Waals surface area contributed by atoms with Crippen LogP contribution in [0.1, 0.15) is 47.6 Å². The Morgan fingerprint density at radius 3 is 3.00 bits per heavy atom. The summed E-state index contributed by atoms with van der Waals surface area (Å²) in [7, 11) is 0. The van der Waals surface area contributed by atoms with Crippen LogP contribution in [-0.4, -0.2) is 21.2 Å². The van der Waals surface area contributed by atoms with E-state index in [1.165, 1.54) is 0 Å². The number of nitrogens with two attached hydrogens (primary N) is 1. The van der Waals surface area contributed by atoms with E-state index in [0.717, 1.165) is 30.0 Å². The second-order valence-electron chi connectivity index (χ2n) is 4.78. The lowest BCUT2D eigenvalue weighted by molar-refractivity contribution is 0.342. The smallest absolute Gasteiger partial charge is 0.231 e. The normalized spacial score (nSPS) is 23.7. The predicted octanol–water partition coefficient (Wildman–Crippen LogP) is 2.02. The molecule has 5 nitrogen and oxygen atoms in total. The van der Waals surface area contributed by atoms with Gasteiger partial charge in [0.15, 0.2) is 5.82 Å². The summed E-state index contributed by atoms with van der Waals surface area (Å²) in [5, 5.41) is 7.12. The van der Waals surface area contributed by atoms with E-state index in [4.69, 9.17) is 10.3 Å². The van der Waals surface area contributed by atoms with Crippen LogP contribution in [0.25, 0.3) is 0 Å². The van der Waals surface area contributed by atoms with E-state index in [1.54, 1.807) is 11.3 Å². The SMILES string of the molecule is Cc1nc(Cc2noc(C3CCCC3N)n2)cs1. The predicted molar refractivity (Wildman–Crippen MR) is 68.5 cm³/mol. The Morgan fingerprint density at radius 1 is 1.44 bits per heavy atom. The van der Waals surface area contributed by atoms with E-state index in [1.807, 2.05) is 12.3 Å². The van der Waals surface area contributed by atoms with Gasteiger partial charge in [-0.1, -0.05) is 11.6 Å². The molecule has 0 bridgehead atoms. The monoisotopic (exact) mass is 264 g/mol. The first kappa shape index (κ1) is 11.8. The van der Waals surface area contributed by atoms with Gasteiger partial charge in [-0.25, -0.2) is 4.98 Å². The third-order valence-corrected chi connectivity index (χ3v) is 4.20. The summed E-state index contributed by atoms with van der Waals surface area (Å²) in [6.45, 7) is 1.99. The van der Waals surface area contributed by atoms with Gasteiger partial charge in [0.25, 0.3) is 0 Å². The number of hydrogen-bond donors (Lipinski definition) is 1. The summed E-state index contributed by atoms with van der Waals surface area (Å²) in [6, 6.07) is 0.166. The van der Waals surface area contributed by atoms with Crippen molar-refractivity contribution in [2.75, 3.05) is 0 Å². The molecule has 0 saturated heterocycles. The van der Waals surface area contributed by atoms with E-state index < -0.39 is 0 Å². The average molecular weight is 264 g/mol. The van der Waals surface area contributed by atoms with Crippen LogP contribution in [0.4, 0.5) is 0 Å². The summed E-state index contributed by atoms with van der Waals surface area (Å²) < 4.78 is 5.33. The molecule has 2 N–H and O–H groups in total. The summed E-state index contributed by atoms with van der Waals surface area (Å²) in [4.78, 5) is 8.85. The van der Waals surface area contributed by atoms with Crippen molar-refractivity contribution in [1.29, 1.82) is 0 Å². The summed E-state index contributed by atoms with van der Waals surface area (Å²) in [5.74, 6) is 1.64. The maximum Gasteiger partial charge on any atom is 0.231 e. The van der Waals surface area contributed by atoms with Crippen molar-refractivity contribution in [1.82, 2.24) is 15.1 Å². The molecule has 96 valence electrons. The summed E-state index contributed by atoms with van der Waals surface area (Å²) in [6.07, 6.45) is 3.89. The standard InChI is InChI=1S/C12H16N4OS/c1-7-14-8(6-18-7)5-11-15-12(17-16-11)9-3-2-4-10(9)13/h6,9-10H,2-5,13H2,1H3. The van der Waals surface area contributed by atoms with Gasteiger partial charge in [-0.2, -0.15) is 4.98 Å². The number of rotatable bonds is 3. The fraction of sp³-hybridized carbons (Fsp3) is 0.583. The molecule has 1 aliphatic carbocycles. The van der Waals surface area contributed by atoms with E-state index in [-0.39, 0.29) is 12.0 Å². The Bertz CT molecular complexity index is 536. The van der Waals surface area contributed by atoms with Crippen molar-refractivity contribution in [3.05, 3.63) is 27.8 Å².